The van der Waals surface area contributed by atoms with E-state index in [9.17, 15) is 4.79 Å². The zero-order valence-electron chi connectivity index (χ0n) is 8.88. The van der Waals surface area contributed by atoms with Crippen molar-refractivity contribution in [3.8, 4) is 0 Å². The molecule has 15 heavy (non-hydrogen) atoms. The lowest BCUT2D eigenvalue weighted by molar-refractivity contribution is -0.132. The van der Waals surface area contributed by atoms with Crippen molar-refractivity contribution >= 4 is 5.97 Å². The average Bonchev–Trinajstić information content (AvgIpc) is 2.18. The summed E-state index contributed by atoms with van der Waals surface area (Å²) in [6.07, 6.45) is 8.96. The molecule has 0 saturated carbocycles. The van der Waals surface area contributed by atoms with Crippen LogP contribution in [-0.2, 0) is 4.79 Å². The second kappa shape index (κ2) is 4.51. The Hall–Kier alpha value is -1.25. The maximum Gasteiger partial charge on any atom is 0.333 e. The minimum absolute atomic E-state index is 0.480. The predicted molar refractivity (Wildman–Crippen MR) is 58.4 cm³/mol. The Morgan fingerprint density at radius 3 is 2.67 bits per heavy atom. The Morgan fingerprint density at radius 1 is 1.20 bits per heavy atom. The molecule has 2 aliphatic rings. The third-order valence-corrected chi connectivity index (χ3v) is 3.13. The van der Waals surface area contributed by atoms with Crippen molar-refractivity contribution in [2.45, 2.75) is 38.5 Å². The maximum absolute atomic E-state index is 10.9. The van der Waals surface area contributed by atoms with Crippen molar-refractivity contribution in [2.24, 2.45) is 0 Å². The number of nitrogens with one attached hydrogen (secondary N) is 1. The fourth-order valence-electron chi connectivity index (χ4n) is 2.24. The van der Waals surface area contributed by atoms with E-state index in [2.05, 4.69) is 5.32 Å². The number of carbonyl (C=O) groups is 1. The molecule has 0 bridgehead atoms. The molecule has 1 aliphatic carbocycles. The SMILES string of the molecule is O=C(O)C1=CC2=C(CCCCCC2)NC1. The second-order valence-corrected chi connectivity index (χ2v) is 4.25. The van der Waals surface area contributed by atoms with Gasteiger partial charge in [0.25, 0.3) is 0 Å². The van der Waals surface area contributed by atoms with Crippen molar-refractivity contribution in [2.75, 3.05) is 6.54 Å². The number of carboxylic acids is 1. The van der Waals surface area contributed by atoms with Crippen LogP contribution in [0.4, 0.5) is 0 Å². The second-order valence-electron chi connectivity index (χ2n) is 4.25. The third-order valence-electron chi connectivity index (χ3n) is 3.13. The number of rotatable bonds is 1. The topological polar surface area (TPSA) is 49.3 Å². The quantitative estimate of drug-likeness (QED) is 0.693. The van der Waals surface area contributed by atoms with Gasteiger partial charge in [-0.05, 0) is 37.3 Å². The molecule has 0 aromatic heterocycles. The van der Waals surface area contributed by atoms with Crippen LogP contribution in [-0.4, -0.2) is 17.6 Å². The molecule has 1 heterocycles. The first-order chi connectivity index (χ1) is 7.27. The molecule has 0 unspecified atom stereocenters. The van der Waals surface area contributed by atoms with Crippen LogP contribution >= 0.6 is 0 Å². The number of hydrogen-bond acceptors (Lipinski definition) is 2. The van der Waals surface area contributed by atoms with Crippen LogP contribution in [0.2, 0.25) is 0 Å². The Balaban J connectivity index is 2.20. The molecule has 3 nitrogen and oxygen atoms in total. The molecular formula is C12H17NO2. The Morgan fingerprint density at radius 2 is 1.93 bits per heavy atom. The van der Waals surface area contributed by atoms with Crippen molar-refractivity contribution in [1.29, 1.82) is 0 Å². The highest BCUT2D eigenvalue weighted by atomic mass is 16.4. The summed E-state index contributed by atoms with van der Waals surface area (Å²) in [7, 11) is 0. The molecule has 0 aromatic rings. The van der Waals surface area contributed by atoms with E-state index in [1.807, 2.05) is 6.08 Å². The van der Waals surface area contributed by atoms with Gasteiger partial charge in [0.05, 0.1) is 5.57 Å². The fraction of sp³-hybridized carbons (Fsp3) is 0.583. The first-order valence-corrected chi connectivity index (χ1v) is 5.67. The molecule has 0 radical (unpaired) electrons. The maximum atomic E-state index is 10.9. The molecule has 3 heteroatoms. The molecule has 82 valence electrons. The van der Waals surface area contributed by atoms with Gasteiger partial charge in [-0.25, -0.2) is 4.79 Å². The number of allylic oxidation sites excluding steroid dienone is 3. The van der Waals surface area contributed by atoms with Gasteiger partial charge in [0.2, 0.25) is 0 Å². The predicted octanol–water partition coefficient (Wildman–Crippen LogP) is 2.21. The van der Waals surface area contributed by atoms with E-state index in [1.165, 1.54) is 37.0 Å². The highest BCUT2D eigenvalue weighted by Gasteiger charge is 2.17. The van der Waals surface area contributed by atoms with Gasteiger partial charge < -0.3 is 10.4 Å². The standard InChI is InChI=1S/C12H17NO2/c14-12(15)10-7-9-5-3-1-2-4-6-11(9)13-8-10/h7,13H,1-6,8H2,(H,14,15). The van der Waals surface area contributed by atoms with E-state index in [0.29, 0.717) is 12.1 Å². The lowest BCUT2D eigenvalue weighted by Crippen LogP contribution is -2.26. The molecule has 0 spiro atoms. The monoisotopic (exact) mass is 207 g/mol. The number of dihydropyridines is 1. The van der Waals surface area contributed by atoms with Gasteiger partial charge in [0.1, 0.15) is 0 Å². The first kappa shape index (κ1) is 10.3. The van der Waals surface area contributed by atoms with Crippen LogP contribution in [0.15, 0.2) is 22.9 Å². The van der Waals surface area contributed by atoms with Crippen molar-refractivity contribution in [3.63, 3.8) is 0 Å². The zero-order chi connectivity index (χ0) is 10.7. The lowest BCUT2D eigenvalue weighted by Gasteiger charge is -2.22. The van der Waals surface area contributed by atoms with E-state index >= 15 is 0 Å². The highest BCUT2D eigenvalue weighted by molar-refractivity contribution is 5.88. The molecule has 2 N–H and O–H groups in total. The highest BCUT2D eigenvalue weighted by Crippen LogP contribution is 2.25. The van der Waals surface area contributed by atoms with Crippen LogP contribution in [0.1, 0.15) is 38.5 Å². The van der Waals surface area contributed by atoms with Crippen LogP contribution < -0.4 is 5.32 Å². The van der Waals surface area contributed by atoms with E-state index < -0.39 is 5.97 Å². The minimum atomic E-state index is -0.795. The fourth-order valence-corrected chi connectivity index (χ4v) is 2.24. The van der Waals surface area contributed by atoms with Gasteiger partial charge in [0.15, 0.2) is 0 Å². The van der Waals surface area contributed by atoms with Gasteiger partial charge in [-0.15, -0.1) is 0 Å². The summed E-state index contributed by atoms with van der Waals surface area (Å²) in [5, 5.41) is 12.2. The molecular weight excluding hydrogens is 190 g/mol. The van der Waals surface area contributed by atoms with Gasteiger partial charge in [-0.3, -0.25) is 0 Å². The van der Waals surface area contributed by atoms with E-state index in [0.717, 1.165) is 12.8 Å². The average molecular weight is 207 g/mol. The van der Waals surface area contributed by atoms with Crippen LogP contribution in [0, 0.1) is 0 Å². The smallest absolute Gasteiger partial charge is 0.333 e. The molecule has 2 rings (SSSR count). The molecule has 1 aliphatic heterocycles. The summed E-state index contributed by atoms with van der Waals surface area (Å²) in [5.41, 5.74) is 2.99. The van der Waals surface area contributed by atoms with E-state index in [4.69, 9.17) is 5.11 Å². The van der Waals surface area contributed by atoms with E-state index in [-0.39, 0.29) is 0 Å². The largest absolute Gasteiger partial charge is 0.478 e. The summed E-state index contributed by atoms with van der Waals surface area (Å²) < 4.78 is 0. The summed E-state index contributed by atoms with van der Waals surface area (Å²) in [5.74, 6) is -0.795. The van der Waals surface area contributed by atoms with Crippen molar-refractivity contribution in [3.05, 3.63) is 22.9 Å². The van der Waals surface area contributed by atoms with Crippen molar-refractivity contribution in [1.82, 2.24) is 5.32 Å². The van der Waals surface area contributed by atoms with Crippen molar-refractivity contribution < 1.29 is 9.90 Å². The Labute approximate surface area is 89.9 Å². The molecule has 0 atom stereocenters. The van der Waals surface area contributed by atoms with Gasteiger partial charge in [0, 0.05) is 12.2 Å². The first-order valence-electron chi connectivity index (χ1n) is 5.67. The van der Waals surface area contributed by atoms with Crippen LogP contribution in [0.25, 0.3) is 0 Å². The summed E-state index contributed by atoms with van der Waals surface area (Å²) >= 11 is 0. The molecule has 0 saturated heterocycles. The minimum Gasteiger partial charge on any atom is -0.478 e. The van der Waals surface area contributed by atoms with Gasteiger partial charge in [-0.2, -0.15) is 0 Å². The van der Waals surface area contributed by atoms with E-state index in [1.54, 1.807) is 0 Å². The Kier molecular flexibility index (Phi) is 3.09. The summed E-state index contributed by atoms with van der Waals surface area (Å²) in [6, 6.07) is 0. The normalized spacial score (nSPS) is 22.0. The number of aliphatic carboxylic acids is 1. The molecule has 0 aromatic carbocycles. The van der Waals surface area contributed by atoms with Crippen LogP contribution in [0.5, 0.6) is 0 Å². The van der Waals surface area contributed by atoms with Crippen LogP contribution in [0.3, 0.4) is 0 Å². The molecule has 0 fully saturated rings. The summed E-state index contributed by atoms with van der Waals surface area (Å²) in [4.78, 5) is 10.9. The third kappa shape index (κ3) is 2.41. The van der Waals surface area contributed by atoms with Gasteiger partial charge in [-0.1, -0.05) is 12.8 Å². The number of hydrogen-bond donors (Lipinski definition) is 2. The number of carboxylic acid groups (broad SMARTS) is 1. The van der Waals surface area contributed by atoms with Gasteiger partial charge >= 0.3 is 5.97 Å². The summed E-state index contributed by atoms with van der Waals surface area (Å²) in [6.45, 7) is 0.480. The Bertz CT molecular complexity index is 329. The molecule has 0 amide bonds. The zero-order valence-corrected chi connectivity index (χ0v) is 8.88. The lowest BCUT2D eigenvalue weighted by atomic mass is 9.93.